The Hall–Kier alpha value is -6.57. The van der Waals surface area contributed by atoms with Crippen molar-refractivity contribution in [3.8, 4) is 0 Å². The van der Waals surface area contributed by atoms with E-state index in [1.54, 1.807) is 82.9 Å². The Labute approximate surface area is 411 Å². The zero-order chi connectivity index (χ0) is 47.7. The summed E-state index contributed by atoms with van der Waals surface area (Å²) in [7, 11) is 0. The zero-order valence-electron chi connectivity index (χ0n) is 36.6. The minimum atomic E-state index is -0.320. The molecule has 0 bridgehead atoms. The molecule has 0 spiro atoms. The molecule has 0 aliphatic carbocycles. The number of rotatable bonds is 12. The van der Waals surface area contributed by atoms with Crippen LogP contribution < -0.4 is 20.9 Å². The standard InChI is InChI=1S/C27H23BrFN3O.C19H13BrClFN2O.C8H11N/c1-19(21-7-3-2-4-8-21)31-26-17-23(15-16-30-26)32(18-20-11-13-22(29)14-12-20)27(33)24-9-5-6-10-25(24)28;20-17-4-2-1-3-16(17)19(25)24(15-9-10-23-18(21)11-15)12-13-5-7-14(22)8-6-13;1-7(9)8-5-3-2-4-6-8/h2-17,19H,18H2,1H3,(H,30,31);1-11H,12H2;2-7H,9H2,1H3/t19-;;7-/m0.0/s1. The quantitative estimate of drug-likeness (QED) is 0.118. The highest BCUT2D eigenvalue weighted by Gasteiger charge is 2.23. The molecule has 0 radical (unpaired) electrons. The highest BCUT2D eigenvalue weighted by Crippen LogP contribution is 2.28. The lowest BCUT2D eigenvalue weighted by molar-refractivity contribution is 0.0976. The highest BCUT2D eigenvalue weighted by molar-refractivity contribution is 9.10. The summed E-state index contributed by atoms with van der Waals surface area (Å²) in [6, 6.07) is 54.1. The van der Waals surface area contributed by atoms with Crippen molar-refractivity contribution in [3.05, 3.63) is 253 Å². The number of hydrogen-bond donors (Lipinski definition) is 2. The van der Waals surface area contributed by atoms with E-state index in [0.29, 0.717) is 42.4 Å². The molecule has 0 aliphatic heterocycles. The number of nitrogens with zero attached hydrogens (tertiary/aromatic N) is 4. The van der Waals surface area contributed by atoms with Crippen LogP contribution in [0, 0.1) is 11.6 Å². The third-order valence-electron chi connectivity index (χ3n) is 10.3. The maximum atomic E-state index is 13.6. The van der Waals surface area contributed by atoms with Crippen LogP contribution in [0.1, 0.15) is 68.9 Å². The van der Waals surface area contributed by atoms with E-state index in [-0.39, 0.29) is 48.6 Å². The number of carbonyl (C=O) groups excluding carboxylic acids is 2. The largest absolute Gasteiger partial charge is 0.363 e. The lowest BCUT2D eigenvalue weighted by atomic mass is 10.1. The first kappa shape index (κ1) is 49.9. The third-order valence-corrected chi connectivity index (χ3v) is 11.9. The molecule has 3 N–H and O–H groups in total. The predicted octanol–water partition coefficient (Wildman–Crippen LogP) is 14.2. The normalized spacial score (nSPS) is 11.4. The molecule has 0 unspecified atom stereocenters. The molecule has 2 heterocycles. The van der Waals surface area contributed by atoms with E-state index in [0.717, 1.165) is 16.7 Å². The van der Waals surface area contributed by atoms with Gasteiger partial charge in [0.1, 0.15) is 22.6 Å². The maximum Gasteiger partial charge on any atom is 0.259 e. The summed E-state index contributed by atoms with van der Waals surface area (Å²) >= 11 is 12.9. The number of aromatic nitrogens is 2. The van der Waals surface area contributed by atoms with E-state index in [4.69, 9.17) is 17.3 Å². The van der Waals surface area contributed by atoms with Gasteiger partial charge in [0.25, 0.3) is 11.8 Å². The van der Waals surface area contributed by atoms with Gasteiger partial charge in [-0.2, -0.15) is 0 Å². The second kappa shape index (κ2) is 24.8. The monoisotopic (exact) mass is 1040 g/mol. The van der Waals surface area contributed by atoms with Crippen molar-refractivity contribution in [1.82, 2.24) is 9.97 Å². The molecule has 8 nitrogen and oxygen atoms in total. The highest BCUT2D eigenvalue weighted by atomic mass is 79.9. The van der Waals surface area contributed by atoms with Gasteiger partial charge in [0.05, 0.1) is 24.2 Å². The van der Waals surface area contributed by atoms with E-state index in [2.05, 4.69) is 66.2 Å². The Morgan fingerprint density at radius 2 is 1.00 bits per heavy atom. The first-order valence-corrected chi connectivity index (χ1v) is 23.1. The van der Waals surface area contributed by atoms with E-state index < -0.39 is 0 Å². The van der Waals surface area contributed by atoms with Crippen molar-refractivity contribution < 1.29 is 18.4 Å². The van der Waals surface area contributed by atoms with Gasteiger partial charge in [-0.05, 0) is 135 Å². The Morgan fingerprint density at radius 1 is 0.582 bits per heavy atom. The number of halogens is 5. The number of nitrogens with one attached hydrogen (secondary N) is 1. The van der Waals surface area contributed by atoms with Crippen molar-refractivity contribution in [2.24, 2.45) is 5.73 Å². The molecule has 0 fully saturated rings. The molecule has 0 saturated heterocycles. The van der Waals surface area contributed by atoms with E-state index >= 15 is 0 Å². The first-order valence-electron chi connectivity index (χ1n) is 21.2. The van der Waals surface area contributed by atoms with Crippen LogP contribution in [0.2, 0.25) is 5.15 Å². The molecule has 2 atom stereocenters. The summed E-state index contributed by atoms with van der Waals surface area (Å²) in [4.78, 5) is 38.3. The fraction of sp³-hybridized carbons (Fsp3) is 0.111. The van der Waals surface area contributed by atoms with Gasteiger partial charge < -0.3 is 20.9 Å². The van der Waals surface area contributed by atoms with Crippen LogP contribution in [0.25, 0.3) is 0 Å². The number of carbonyl (C=O) groups is 2. The van der Waals surface area contributed by atoms with Gasteiger partial charge in [-0.15, -0.1) is 0 Å². The van der Waals surface area contributed by atoms with Crippen molar-refractivity contribution in [2.75, 3.05) is 15.1 Å². The average molecular weight is 1050 g/mol. The summed E-state index contributed by atoms with van der Waals surface area (Å²) in [5.41, 5.74) is 11.9. The Balaban J connectivity index is 0.000000191. The van der Waals surface area contributed by atoms with Gasteiger partial charge in [0.15, 0.2) is 0 Å². The Kier molecular flexibility index (Phi) is 18.5. The van der Waals surface area contributed by atoms with Crippen molar-refractivity contribution in [1.29, 1.82) is 0 Å². The molecular weight excluding hydrogens is 998 g/mol. The molecule has 340 valence electrons. The third kappa shape index (κ3) is 14.7. The summed E-state index contributed by atoms with van der Waals surface area (Å²) in [6.45, 7) is 4.61. The summed E-state index contributed by atoms with van der Waals surface area (Å²) < 4.78 is 28.0. The molecule has 8 aromatic rings. The van der Waals surface area contributed by atoms with Crippen LogP contribution in [-0.4, -0.2) is 21.8 Å². The van der Waals surface area contributed by atoms with E-state index in [9.17, 15) is 18.4 Å². The fourth-order valence-corrected chi connectivity index (χ4v) is 7.77. The molecule has 13 heteroatoms. The van der Waals surface area contributed by atoms with Gasteiger partial charge in [-0.1, -0.05) is 121 Å². The molecule has 8 rings (SSSR count). The van der Waals surface area contributed by atoms with Crippen LogP contribution in [0.5, 0.6) is 0 Å². The smallest absolute Gasteiger partial charge is 0.259 e. The fourth-order valence-electron chi connectivity index (χ4n) is 6.70. The second-order valence-corrected chi connectivity index (χ2v) is 17.3. The van der Waals surface area contributed by atoms with Crippen LogP contribution in [-0.2, 0) is 13.1 Å². The van der Waals surface area contributed by atoms with Crippen LogP contribution in [0.3, 0.4) is 0 Å². The maximum absolute atomic E-state index is 13.6. The number of pyridine rings is 2. The van der Waals surface area contributed by atoms with Gasteiger partial charge in [0, 0.05) is 50.9 Å². The second-order valence-electron chi connectivity index (χ2n) is 15.2. The van der Waals surface area contributed by atoms with Crippen molar-refractivity contribution in [3.63, 3.8) is 0 Å². The Morgan fingerprint density at radius 3 is 1.43 bits per heavy atom. The van der Waals surface area contributed by atoms with Crippen molar-refractivity contribution in [2.45, 2.75) is 39.0 Å². The number of nitrogens with two attached hydrogens (primary N) is 1. The molecule has 2 aromatic heterocycles. The van der Waals surface area contributed by atoms with Gasteiger partial charge >= 0.3 is 0 Å². The van der Waals surface area contributed by atoms with Crippen LogP contribution in [0.4, 0.5) is 26.0 Å². The predicted molar refractivity (Wildman–Crippen MR) is 273 cm³/mol. The molecule has 0 aliphatic rings. The van der Waals surface area contributed by atoms with Crippen LogP contribution >= 0.6 is 43.5 Å². The summed E-state index contributed by atoms with van der Waals surface area (Å²) in [5, 5.41) is 3.70. The lowest BCUT2D eigenvalue weighted by Crippen LogP contribution is -2.31. The molecule has 67 heavy (non-hydrogen) atoms. The minimum absolute atomic E-state index is 0.0402. The molecular formula is C54H47Br2ClF2N6O2. The minimum Gasteiger partial charge on any atom is -0.363 e. The van der Waals surface area contributed by atoms with Gasteiger partial charge in [-0.3, -0.25) is 9.59 Å². The van der Waals surface area contributed by atoms with Crippen molar-refractivity contribution >= 4 is 72.5 Å². The summed E-state index contributed by atoms with van der Waals surface area (Å²) in [5.74, 6) is -0.334. The first-order chi connectivity index (χ1) is 32.4. The molecule has 6 aromatic carbocycles. The zero-order valence-corrected chi connectivity index (χ0v) is 40.5. The SMILES string of the molecule is C[C@H](N)c1ccccc1.C[C@H](Nc1cc(N(Cc2ccc(F)cc2)C(=O)c2ccccc2Br)ccn1)c1ccccc1.O=C(c1ccccc1Br)N(Cc1ccc(F)cc1)c1ccnc(Cl)c1. The lowest BCUT2D eigenvalue weighted by Gasteiger charge is -2.25. The number of benzene rings is 6. The number of anilines is 3. The average Bonchev–Trinajstić information content (AvgIpc) is 3.34. The number of hydrogen-bond acceptors (Lipinski definition) is 6. The van der Waals surface area contributed by atoms with Gasteiger partial charge in [0.2, 0.25) is 0 Å². The Bertz CT molecular complexity index is 2840. The molecule has 2 amide bonds. The number of amides is 2. The van der Waals surface area contributed by atoms with Gasteiger partial charge in [-0.25, -0.2) is 18.7 Å². The summed E-state index contributed by atoms with van der Waals surface area (Å²) in [6.07, 6.45) is 3.23. The van der Waals surface area contributed by atoms with Crippen LogP contribution in [0.15, 0.2) is 203 Å². The molecule has 0 saturated carbocycles. The van der Waals surface area contributed by atoms with E-state index in [1.807, 2.05) is 91.9 Å². The topological polar surface area (TPSA) is 104 Å². The van der Waals surface area contributed by atoms with E-state index in [1.165, 1.54) is 29.8 Å².